The standard InChI is InChI=1S/C9H11NO5/c1-2-3-7(11)10-6(9(14)15)4-5-8(12)13/h1,6H,3-5H2,(H,10,11)(H,12,13)(H,14,15). The van der Waals surface area contributed by atoms with Crippen LogP contribution in [0, 0.1) is 12.3 Å². The lowest BCUT2D eigenvalue weighted by atomic mass is 10.1. The summed E-state index contributed by atoms with van der Waals surface area (Å²) in [6.07, 6.45) is 4.13. The molecule has 0 fully saturated rings. The second-order valence-electron chi connectivity index (χ2n) is 2.77. The normalized spacial score (nSPS) is 11.1. The van der Waals surface area contributed by atoms with Crippen molar-refractivity contribution in [3.05, 3.63) is 0 Å². The summed E-state index contributed by atoms with van der Waals surface area (Å²) in [4.78, 5) is 31.7. The molecule has 0 spiro atoms. The van der Waals surface area contributed by atoms with Gasteiger partial charge in [-0.3, -0.25) is 9.59 Å². The van der Waals surface area contributed by atoms with Crippen LogP contribution >= 0.6 is 0 Å². The van der Waals surface area contributed by atoms with E-state index in [1.807, 2.05) is 0 Å². The van der Waals surface area contributed by atoms with Crippen molar-refractivity contribution in [2.75, 3.05) is 0 Å². The van der Waals surface area contributed by atoms with Crippen molar-refractivity contribution in [3.63, 3.8) is 0 Å². The van der Waals surface area contributed by atoms with Gasteiger partial charge in [-0.2, -0.15) is 0 Å². The Kier molecular flexibility index (Phi) is 5.56. The number of rotatable bonds is 6. The molecule has 0 saturated heterocycles. The van der Waals surface area contributed by atoms with Crippen LogP contribution in [0.4, 0.5) is 0 Å². The fourth-order valence-electron chi connectivity index (χ4n) is 0.863. The predicted octanol–water partition coefficient (Wildman–Crippen LogP) is -0.556. The Bertz CT molecular complexity index is 304. The van der Waals surface area contributed by atoms with Crippen LogP contribution < -0.4 is 5.32 Å². The highest BCUT2D eigenvalue weighted by Gasteiger charge is 2.20. The summed E-state index contributed by atoms with van der Waals surface area (Å²) >= 11 is 0. The molecule has 0 saturated carbocycles. The maximum Gasteiger partial charge on any atom is 0.326 e. The first-order valence-electron chi connectivity index (χ1n) is 4.14. The molecule has 3 N–H and O–H groups in total. The smallest absolute Gasteiger partial charge is 0.326 e. The quantitative estimate of drug-likeness (QED) is 0.513. The van der Waals surface area contributed by atoms with Crippen LogP contribution in [-0.2, 0) is 14.4 Å². The molecule has 1 amide bonds. The molecule has 0 aliphatic rings. The number of hydrogen-bond donors (Lipinski definition) is 3. The fraction of sp³-hybridized carbons (Fsp3) is 0.444. The zero-order valence-corrected chi connectivity index (χ0v) is 7.90. The van der Waals surface area contributed by atoms with Crippen molar-refractivity contribution < 1.29 is 24.6 Å². The van der Waals surface area contributed by atoms with Gasteiger partial charge < -0.3 is 15.5 Å². The number of carbonyl (C=O) groups is 3. The van der Waals surface area contributed by atoms with Crippen LogP contribution in [0.15, 0.2) is 0 Å². The van der Waals surface area contributed by atoms with Gasteiger partial charge in [0.25, 0.3) is 0 Å². The Morgan fingerprint density at radius 1 is 1.33 bits per heavy atom. The van der Waals surface area contributed by atoms with Gasteiger partial charge in [0.05, 0.1) is 6.42 Å². The summed E-state index contributed by atoms with van der Waals surface area (Å²) in [5, 5.41) is 19.1. The second-order valence-corrected chi connectivity index (χ2v) is 2.77. The van der Waals surface area contributed by atoms with Crippen LogP contribution in [0.25, 0.3) is 0 Å². The zero-order chi connectivity index (χ0) is 11.8. The van der Waals surface area contributed by atoms with Crippen molar-refractivity contribution in [3.8, 4) is 12.3 Å². The SMILES string of the molecule is C#CCC(=O)NC(CCC(=O)O)C(=O)O. The van der Waals surface area contributed by atoms with Gasteiger partial charge in [-0.05, 0) is 6.42 Å². The van der Waals surface area contributed by atoms with Crippen molar-refractivity contribution in [2.24, 2.45) is 0 Å². The topological polar surface area (TPSA) is 104 Å². The zero-order valence-electron chi connectivity index (χ0n) is 7.90. The summed E-state index contributed by atoms with van der Waals surface area (Å²) in [6, 6.07) is -1.21. The highest BCUT2D eigenvalue weighted by Crippen LogP contribution is 1.98. The van der Waals surface area contributed by atoms with E-state index in [0.717, 1.165) is 0 Å². The molecule has 0 radical (unpaired) electrons. The van der Waals surface area contributed by atoms with Gasteiger partial charge in [-0.25, -0.2) is 4.79 Å². The second kappa shape index (κ2) is 6.43. The molecule has 0 aliphatic carbocycles. The van der Waals surface area contributed by atoms with Gasteiger partial charge in [0.15, 0.2) is 0 Å². The minimum atomic E-state index is -1.28. The lowest BCUT2D eigenvalue weighted by Gasteiger charge is -2.12. The molecule has 82 valence electrons. The van der Waals surface area contributed by atoms with E-state index in [1.54, 1.807) is 0 Å². The first-order valence-corrected chi connectivity index (χ1v) is 4.14. The largest absolute Gasteiger partial charge is 0.481 e. The first-order chi connectivity index (χ1) is 6.97. The molecule has 6 heteroatoms. The average Bonchev–Trinajstić information content (AvgIpc) is 2.11. The molecule has 0 aromatic carbocycles. The summed E-state index contributed by atoms with van der Waals surface area (Å²) in [6.45, 7) is 0. The number of carbonyl (C=O) groups excluding carboxylic acids is 1. The lowest BCUT2D eigenvalue weighted by Crippen LogP contribution is -2.40. The van der Waals surface area contributed by atoms with Gasteiger partial charge in [-0.1, -0.05) is 5.92 Å². The Labute approximate surface area is 86.3 Å². The molecule has 0 heterocycles. The Hall–Kier alpha value is -2.03. The number of terminal acetylenes is 1. The highest BCUT2D eigenvalue weighted by molar-refractivity contribution is 5.85. The lowest BCUT2D eigenvalue weighted by molar-refractivity contribution is -0.142. The van der Waals surface area contributed by atoms with E-state index >= 15 is 0 Å². The molecule has 0 aromatic rings. The Morgan fingerprint density at radius 2 is 1.93 bits per heavy atom. The number of amides is 1. The average molecular weight is 213 g/mol. The number of aliphatic carboxylic acids is 2. The minimum Gasteiger partial charge on any atom is -0.481 e. The summed E-state index contributed by atoms with van der Waals surface area (Å²) in [5.74, 6) is -0.941. The number of carboxylic acids is 2. The first kappa shape index (κ1) is 13.0. The van der Waals surface area contributed by atoms with Gasteiger partial charge >= 0.3 is 11.9 Å². The summed E-state index contributed by atoms with van der Waals surface area (Å²) in [5.41, 5.74) is 0. The van der Waals surface area contributed by atoms with Crippen molar-refractivity contribution in [2.45, 2.75) is 25.3 Å². The summed E-state index contributed by atoms with van der Waals surface area (Å²) in [7, 11) is 0. The predicted molar refractivity (Wildman–Crippen MR) is 49.9 cm³/mol. The van der Waals surface area contributed by atoms with E-state index < -0.39 is 23.9 Å². The van der Waals surface area contributed by atoms with E-state index in [4.69, 9.17) is 16.6 Å². The summed E-state index contributed by atoms with van der Waals surface area (Å²) < 4.78 is 0. The molecule has 0 aromatic heterocycles. The number of carboxylic acid groups (broad SMARTS) is 2. The van der Waals surface area contributed by atoms with Crippen molar-refractivity contribution >= 4 is 17.8 Å². The van der Waals surface area contributed by atoms with E-state index in [9.17, 15) is 14.4 Å². The molecule has 0 aliphatic heterocycles. The number of hydrogen-bond acceptors (Lipinski definition) is 3. The molecule has 15 heavy (non-hydrogen) atoms. The molecular formula is C9H11NO5. The van der Waals surface area contributed by atoms with Crippen molar-refractivity contribution in [1.82, 2.24) is 5.32 Å². The highest BCUT2D eigenvalue weighted by atomic mass is 16.4. The van der Waals surface area contributed by atoms with Gasteiger partial charge in [0, 0.05) is 6.42 Å². The van der Waals surface area contributed by atoms with Crippen LogP contribution in [0.3, 0.4) is 0 Å². The third-order valence-electron chi connectivity index (χ3n) is 1.54. The molecular weight excluding hydrogens is 202 g/mol. The van der Waals surface area contributed by atoms with E-state index in [2.05, 4.69) is 11.2 Å². The van der Waals surface area contributed by atoms with Crippen LogP contribution in [0.2, 0.25) is 0 Å². The maximum absolute atomic E-state index is 10.9. The van der Waals surface area contributed by atoms with Crippen LogP contribution in [-0.4, -0.2) is 34.1 Å². The molecule has 1 unspecified atom stereocenters. The Balaban J connectivity index is 4.17. The molecule has 0 bridgehead atoms. The van der Waals surface area contributed by atoms with Crippen molar-refractivity contribution in [1.29, 1.82) is 0 Å². The van der Waals surface area contributed by atoms with E-state index in [0.29, 0.717) is 0 Å². The maximum atomic E-state index is 10.9. The fourth-order valence-corrected chi connectivity index (χ4v) is 0.863. The van der Waals surface area contributed by atoms with Crippen LogP contribution in [0.5, 0.6) is 0 Å². The molecule has 1 atom stereocenters. The Morgan fingerprint density at radius 3 is 2.33 bits per heavy atom. The minimum absolute atomic E-state index is 0.166. The van der Waals surface area contributed by atoms with Gasteiger partial charge in [0.1, 0.15) is 6.04 Å². The molecule has 0 rings (SSSR count). The molecule has 6 nitrogen and oxygen atoms in total. The third-order valence-corrected chi connectivity index (χ3v) is 1.54. The van der Waals surface area contributed by atoms with E-state index in [1.165, 1.54) is 0 Å². The van der Waals surface area contributed by atoms with E-state index in [-0.39, 0.29) is 19.3 Å². The van der Waals surface area contributed by atoms with Crippen LogP contribution in [0.1, 0.15) is 19.3 Å². The third kappa shape index (κ3) is 6.10. The van der Waals surface area contributed by atoms with Gasteiger partial charge in [-0.15, -0.1) is 6.42 Å². The monoisotopic (exact) mass is 213 g/mol. The number of nitrogens with one attached hydrogen (secondary N) is 1. The van der Waals surface area contributed by atoms with Gasteiger partial charge in [0.2, 0.25) is 5.91 Å².